The summed E-state index contributed by atoms with van der Waals surface area (Å²) in [6, 6.07) is 0. The molecule has 0 atom stereocenters. The first-order valence-corrected chi connectivity index (χ1v) is 8.82. The molecule has 0 aromatic carbocycles. The zero-order chi connectivity index (χ0) is 14.9. The summed E-state index contributed by atoms with van der Waals surface area (Å²) in [5.41, 5.74) is 0.176. The molecule has 0 amide bonds. The molecule has 3 nitrogen and oxygen atoms in total. The van der Waals surface area contributed by atoms with E-state index in [1.807, 2.05) is 0 Å². The molecular formula is C17H26ClN3. The summed E-state index contributed by atoms with van der Waals surface area (Å²) in [5, 5.41) is 0.383. The van der Waals surface area contributed by atoms with Crippen molar-refractivity contribution in [2.24, 2.45) is 0 Å². The lowest BCUT2D eigenvalue weighted by Crippen LogP contribution is -2.33. The number of nitrogens with zero attached hydrogens (tertiary/aromatic N) is 3. The van der Waals surface area contributed by atoms with Gasteiger partial charge in [-0.25, -0.2) is 15.0 Å². The third kappa shape index (κ3) is 3.08. The summed E-state index contributed by atoms with van der Waals surface area (Å²) >= 11 is 6.25. The van der Waals surface area contributed by atoms with Crippen molar-refractivity contribution in [2.45, 2.75) is 88.9 Å². The van der Waals surface area contributed by atoms with Crippen molar-refractivity contribution in [3.05, 3.63) is 16.9 Å². The highest BCUT2D eigenvalue weighted by Crippen LogP contribution is 2.40. The van der Waals surface area contributed by atoms with Crippen LogP contribution in [0.1, 0.15) is 89.7 Å². The van der Waals surface area contributed by atoms with Crippen LogP contribution in [-0.4, -0.2) is 15.0 Å². The van der Waals surface area contributed by atoms with Crippen molar-refractivity contribution in [1.82, 2.24) is 15.0 Å². The number of hydrogen-bond donors (Lipinski definition) is 0. The summed E-state index contributed by atoms with van der Waals surface area (Å²) in [4.78, 5) is 13.9. The van der Waals surface area contributed by atoms with Crippen LogP contribution in [0.3, 0.4) is 0 Å². The highest BCUT2D eigenvalue weighted by Gasteiger charge is 2.36. The molecule has 2 aliphatic carbocycles. The minimum Gasteiger partial charge on any atom is -0.217 e. The molecule has 2 aliphatic rings. The third-order valence-corrected chi connectivity index (χ3v) is 5.77. The van der Waals surface area contributed by atoms with Crippen LogP contribution in [0.2, 0.25) is 5.28 Å². The summed E-state index contributed by atoms with van der Waals surface area (Å²) in [5.74, 6) is 1.87. The van der Waals surface area contributed by atoms with E-state index in [1.54, 1.807) is 0 Å². The number of aromatic nitrogens is 3. The van der Waals surface area contributed by atoms with E-state index in [-0.39, 0.29) is 10.8 Å². The second-order valence-electron chi connectivity index (χ2n) is 7.49. The Kier molecular flexibility index (Phi) is 4.22. The van der Waals surface area contributed by atoms with Crippen molar-refractivity contribution >= 4 is 11.6 Å². The molecule has 1 aromatic heterocycles. The highest BCUT2D eigenvalue weighted by molar-refractivity contribution is 6.28. The Bertz CT molecular complexity index is 461. The highest BCUT2D eigenvalue weighted by atomic mass is 35.5. The second-order valence-corrected chi connectivity index (χ2v) is 7.83. The largest absolute Gasteiger partial charge is 0.225 e. The van der Waals surface area contributed by atoms with Gasteiger partial charge in [0.05, 0.1) is 0 Å². The monoisotopic (exact) mass is 307 g/mol. The molecule has 1 aromatic rings. The Morgan fingerprint density at radius 2 is 1.05 bits per heavy atom. The molecule has 0 bridgehead atoms. The standard InChI is InChI=1S/C17H26ClN3/c1-16(9-5-3-6-10-16)13-19-14(21-15(18)20-13)17(2)11-7-4-8-12-17/h3-12H2,1-2H3. The lowest BCUT2D eigenvalue weighted by atomic mass is 9.73. The van der Waals surface area contributed by atoms with Gasteiger partial charge in [0.2, 0.25) is 5.28 Å². The second kappa shape index (κ2) is 5.83. The van der Waals surface area contributed by atoms with Gasteiger partial charge in [-0.15, -0.1) is 0 Å². The van der Waals surface area contributed by atoms with Gasteiger partial charge >= 0.3 is 0 Å². The first-order chi connectivity index (χ1) is 10.0. The van der Waals surface area contributed by atoms with Gasteiger partial charge in [0.15, 0.2) is 0 Å². The molecule has 0 aliphatic heterocycles. The minimum absolute atomic E-state index is 0.0879. The summed E-state index contributed by atoms with van der Waals surface area (Å²) < 4.78 is 0. The van der Waals surface area contributed by atoms with E-state index in [0.29, 0.717) is 5.28 Å². The van der Waals surface area contributed by atoms with Crippen LogP contribution in [0.25, 0.3) is 0 Å². The van der Waals surface area contributed by atoms with E-state index in [2.05, 4.69) is 23.8 Å². The quantitative estimate of drug-likeness (QED) is 0.774. The van der Waals surface area contributed by atoms with E-state index in [9.17, 15) is 0 Å². The Hall–Kier alpha value is -0.700. The van der Waals surface area contributed by atoms with Crippen LogP contribution in [0.5, 0.6) is 0 Å². The van der Waals surface area contributed by atoms with Gasteiger partial charge in [0.25, 0.3) is 0 Å². The van der Waals surface area contributed by atoms with Gasteiger partial charge in [0, 0.05) is 10.8 Å². The Labute approximate surface area is 132 Å². The van der Waals surface area contributed by atoms with Crippen LogP contribution >= 0.6 is 11.6 Å². The Morgan fingerprint density at radius 1 is 0.667 bits per heavy atom. The van der Waals surface area contributed by atoms with Crippen LogP contribution in [0.15, 0.2) is 0 Å². The molecule has 1 heterocycles. The fraction of sp³-hybridized carbons (Fsp3) is 0.824. The topological polar surface area (TPSA) is 38.7 Å². The third-order valence-electron chi connectivity index (χ3n) is 5.60. The van der Waals surface area contributed by atoms with Crippen LogP contribution in [0.4, 0.5) is 0 Å². The fourth-order valence-corrected chi connectivity index (χ4v) is 4.16. The van der Waals surface area contributed by atoms with E-state index >= 15 is 0 Å². The maximum atomic E-state index is 6.25. The lowest BCUT2D eigenvalue weighted by molar-refractivity contribution is 0.283. The van der Waals surface area contributed by atoms with Gasteiger partial charge in [-0.1, -0.05) is 52.4 Å². The van der Waals surface area contributed by atoms with Crippen molar-refractivity contribution in [2.75, 3.05) is 0 Å². The smallest absolute Gasteiger partial charge is 0.217 e. The predicted octanol–water partition coefficient (Wildman–Crippen LogP) is 4.97. The van der Waals surface area contributed by atoms with Crippen LogP contribution in [0, 0.1) is 0 Å². The molecule has 0 radical (unpaired) electrons. The van der Waals surface area contributed by atoms with Crippen LogP contribution in [-0.2, 0) is 10.8 Å². The molecule has 0 unspecified atom stereocenters. The number of rotatable bonds is 2. The van der Waals surface area contributed by atoms with E-state index in [1.165, 1.54) is 64.2 Å². The first-order valence-electron chi connectivity index (χ1n) is 8.44. The molecule has 0 spiro atoms. The Balaban J connectivity index is 1.96. The fourth-order valence-electron chi connectivity index (χ4n) is 4.00. The molecule has 2 fully saturated rings. The summed E-state index contributed by atoms with van der Waals surface area (Å²) in [6.45, 7) is 4.59. The predicted molar refractivity (Wildman–Crippen MR) is 85.7 cm³/mol. The number of halogens is 1. The van der Waals surface area contributed by atoms with Crippen molar-refractivity contribution in [3.63, 3.8) is 0 Å². The maximum Gasteiger partial charge on any atom is 0.225 e. The molecule has 3 rings (SSSR count). The molecule has 0 N–H and O–H groups in total. The van der Waals surface area contributed by atoms with Gasteiger partial charge in [0.1, 0.15) is 11.6 Å². The van der Waals surface area contributed by atoms with E-state index in [0.717, 1.165) is 11.6 Å². The minimum atomic E-state index is 0.0879. The van der Waals surface area contributed by atoms with E-state index < -0.39 is 0 Å². The molecule has 0 saturated heterocycles. The van der Waals surface area contributed by atoms with Gasteiger partial charge < -0.3 is 0 Å². The van der Waals surface area contributed by atoms with Gasteiger partial charge in [-0.3, -0.25) is 0 Å². The molecule has 116 valence electrons. The molecule has 2 saturated carbocycles. The van der Waals surface area contributed by atoms with Gasteiger partial charge in [-0.05, 0) is 37.3 Å². The van der Waals surface area contributed by atoms with Crippen molar-refractivity contribution < 1.29 is 0 Å². The normalized spacial score (nSPS) is 24.7. The average Bonchev–Trinajstić information content (AvgIpc) is 2.48. The molecular weight excluding hydrogens is 282 g/mol. The summed E-state index contributed by atoms with van der Waals surface area (Å²) in [6.07, 6.45) is 12.4. The SMILES string of the molecule is CC1(c2nc(Cl)nc(C3(C)CCCCC3)n2)CCCCC1. The van der Waals surface area contributed by atoms with Crippen molar-refractivity contribution in [3.8, 4) is 0 Å². The molecule has 4 heteroatoms. The zero-order valence-corrected chi connectivity index (χ0v) is 14.0. The zero-order valence-electron chi connectivity index (χ0n) is 13.3. The average molecular weight is 308 g/mol. The van der Waals surface area contributed by atoms with E-state index in [4.69, 9.17) is 16.6 Å². The van der Waals surface area contributed by atoms with Crippen LogP contribution < -0.4 is 0 Å². The van der Waals surface area contributed by atoms with Gasteiger partial charge in [-0.2, -0.15) is 0 Å². The first kappa shape index (κ1) is 15.2. The lowest BCUT2D eigenvalue weighted by Gasteiger charge is -2.35. The molecule has 21 heavy (non-hydrogen) atoms. The maximum absolute atomic E-state index is 6.25. The summed E-state index contributed by atoms with van der Waals surface area (Å²) in [7, 11) is 0. The van der Waals surface area contributed by atoms with Crippen molar-refractivity contribution in [1.29, 1.82) is 0 Å². The Morgan fingerprint density at radius 3 is 1.43 bits per heavy atom. The number of hydrogen-bond acceptors (Lipinski definition) is 3.